The zero-order valence-electron chi connectivity index (χ0n) is 14.0. The summed E-state index contributed by atoms with van der Waals surface area (Å²) in [7, 11) is 0. The number of phenolic OH excluding ortho intramolecular Hbond substituents is 1. The van der Waals surface area contributed by atoms with Gasteiger partial charge in [-0.2, -0.15) is 0 Å². The molecular formula is C20H15NO5S. The van der Waals surface area contributed by atoms with Gasteiger partial charge in [0.1, 0.15) is 5.75 Å². The molecule has 0 saturated carbocycles. The average Bonchev–Trinajstić information content (AvgIpc) is 3.22. The minimum absolute atomic E-state index is 0.0754. The Kier molecular flexibility index (Phi) is 5.63. The molecule has 0 bridgehead atoms. The van der Waals surface area contributed by atoms with Crippen molar-refractivity contribution in [1.29, 1.82) is 0 Å². The Balaban J connectivity index is 1.65. The molecule has 6 nitrogen and oxygen atoms in total. The summed E-state index contributed by atoms with van der Waals surface area (Å²) in [5.74, 6) is -1.48. The van der Waals surface area contributed by atoms with Gasteiger partial charge in [0.25, 0.3) is 5.91 Å². The van der Waals surface area contributed by atoms with Crippen LogP contribution in [0.25, 0.3) is 0 Å². The normalized spacial score (nSPS) is 10.2. The fraction of sp³-hybridized carbons (Fsp3) is 0.0500. The van der Waals surface area contributed by atoms with E-state index in [4.69, 9.17) is 4.74 Å². The van der Waals surface area contributed by atoms with Crippen LogP contribution in [-0.4, -0.2) is 29.4 Å². The van der Waals surface area contributed by atoms with Gasteiger partial charge in [0.2, 0.25) is 5.78 Å². The van der Waals surface area contributed by atoms with E-state index >= 15 is 0 Å². The molecule has 0 aliphatic rings. The lowest BCUT2D eigenvalue weighted by atomic mass is 10.0. The lowest BCUT2D eigenvalue weighted by Crippen LogP contribution is -2.22. The van der Waals surface area contributed by atoms with Gasteiger partial charge in [0, 0.05) is 11.3 Å². The van der Waals surface area contributed by atoms with Crippen molar-refractivity contribution in [3.8, 4) is 5.75 Å². The molecule has 0 aliphatic heterocycles. The number of nitrogens with one attached hydrogen (secondary N) is 1. The summed E-state index contributed by atoms with van der Waals surface area (Å²) in [6.07, 6.45) is 0. The van der Waals surface area contributed by atoms with Crippen molar-refractivity contribution in [2.75, 3.05) is 11.9 Å². The monoisotopic (exact) mass is 381 g/mol. The van der Waals surface area contributed by atoms with Gasteiger partial charge in [-0.15, -0.1) is 11.3 Å². The highest BCUT2D eigenvalue weighted by Gasteiger charge is 2.20. The summed E-state index contributed by atoms with van der Waals surface area (Å²) in [6.45, 7) is -0.499. The number of aromatic hydroxyl groups is 1. The average molecular weight is 381 g/mol. The van der Waals surface area contributed by atoms with E-state index in [0.717, 1.165) is 0 Å². The van der Waals surface area contributed by atoms with Gasteiger partial charge in [-0.3, -0.25) is 9.59 Å². The number of rotatable bonds is 6. The number of esters is 1. The highest BCUT2D eigenvalue weighted by atomic mass is 32.1. The second kappa shape index (κ2) is 8.29. The van der Waals surface area contributed by atoms with Crippen LogP contribution >= 0.6 is 11.3 Å². The Morgan fingerprint density at radius 2 is 1.63 bits per heavy atom. The van der Waals surface area contributed by atoms with Crippen LogP contribution < -0.4 is 5.32 Å². The van der Waals surface area contributed by atoms with E-state index in [0.29, 0.717) is 10.6 Å². The van der Waals surface area contributed by atoms with Gasteiger partial charge in [0.15, 0.2) is 6.61 Å². The molecule has 27 heavy (non-hydrogen) atoms. The Bertz CT molecular complexity index is 964. The number of benzene rings is 2. The molecule has 1 heterocycles. The van der Waals surface area contributed by atoms with Crippen LogP contribution in [0.2, 0.25) is 0 Å². The maximum Gasteiger partial charge on any atom is 0.339 e. The smallest absolute Gasteiger partial charge is 0.339 e. The van der Waals surface area contributed by atoms with Crippen molar-refractivity contribution in [2.24, 2.45) is 0 Å². The van der Waals surface area contributed by atoms with Gasteiger partial charge < -0.3 is 15.2 Å². The van der Waals surface area contributed by atoms with Gasteiger partial charge >= 0.3 is 5.97 Å². The Labute approximate surface area is 159 Å². The van der Waals surface area contributed by atoms with Crippen molar-refractivity contribution < 1.29 is 24.2 Å². The first-order valence-corrected chi connectivity index (χ1v) is 8.86. The van der Waals surface area contributed by atoms with Crippen molar-refractivity contribution in [2.45, 2.75) is 0 Å². The van der Waals surface area contributed by atoms with Crippen LogP contribution in [0.5, 0.6) is 5.75 Å². The number of phenols is 1. The molecule has 3 rings (SSSR count). The van der Waals surface area contributed by atoms with Crippen LogP contribution in [0.3, 0.4) is 0 Å². The number of anilines is 1. The summed E-state index contributed by atoms with van der Waals surface area (Å²) < 4.78 is 5.04. The Hall–Kier alpha value is -3.45. The van der Waals surface area contributed by atoms with Crippen LogP contribution in [0, 0.1) is 0 Å². The summed E-state index contributed by atoms with van der Waals surface area (Å²) in [6, 6.07) is 15.6. The number of amides is 1. The zero-order chi connectivity index (χ0) is 19.2. The molecular weight excluding hydrogens is 366 g/mol. The standard InChI is InChI=1S/C20H15NO5S/c22-14-9-7-13(8-10-14)21-18(23)12-26-20(25)16-5-2-1-4-15(16)19(24)17-6-3-11-27-17/h1-11,22H,12H2,(H,21,23). The van der Waals surface area contributed by atoms with E-state index in [-0.39, 0.29) is 22.7 Å². The first-order valence-electron chi connectivity index (χ1n) is 7.98. The Morgan fingerprint density at radius 1 is 0.926 bits per heavy atom. The molecule has 0 saturated heterocycles. The molecule has 0 aliphatic carbocycles. The number of ketones is 1. The first-order chi connectivity index (χ1) is 13.0. The molecule has 2 N–H and O–H groups in total. The first kappa shape index (κ1) is 18.3. The third kappa shape index (κ3) is 4.59. The van der Waals surface area contributed by atoms with E-state index in [9.17, 15) is 19.5 Å². The molecule has 2 aromatic carbocycles. The van der Waals surface area contributed by atoms with E-state index in [1.54, 1.807) is 35.7 Å². The highest BCUT2D eigenvalue weighted by Crippen LogP contribution is 2.19. The van der Waals surface area contributed by atoms with Crippen LogP contribution in [0.15, 0.2) is 66.0 Å². The van der Waals surface area contributed by atoms with E-state index < -0.39 is 18.5 Å². The minimum Gasteiger partial charge on any atom is -0.508 e. The van der Waals surface area contributed by atoms with Crippen molar-refractivity contribution in [1.82, 2.24) is 0 Å². The van der Waals surface area contributed by atoms with Crippen molar-refractivity contribution in [3.63, 3.8) is 0 Å². The SMILES string of the molecule is O=C(COC(=O)c1ccccc1C(=O)c1cccs1)Nc1ccc(O)cc1. The lowest BCUT2D eigenvalue weighted by Gasteiger charge is -2.09. The van der Waals surface area contributed by atoms with Crippen LogP contribution in [0.1, 0.15) is 25.6 Å². The topological polar surface area (TPSA) is 92.7 Å². The molecule has 136 valence electrons. The third-order valence-electron chi connectivity index (χ3n) is 3.62. The molecule has 0 radical (unpaired) electrons. The third-order valence-corrected chi connectivity index (χ3v) is 4.49. The lowest BCUT2D eigenvalue weighted by molar-refractivity contribution is -0.119. The van der Waals surface area contributed by atoms with Crippen LogP contribution in [0.4, 0.5) is 5.69 Å². The molecule has 7 heteroatoms. The van der Waals surface area contributed by atoms with Gasteiger partial charge in [0.05, 0.1) is 10.4 Å². The number of ether oxygens (including phenoxy) is 1. The molecule has 0 atom stereocenters. The number of carbonyl (C=O) groups excluding carboxylic acids is 3. The van der Waals surface area contributed by atoms with Crippen molar-refractivity contribution in [3.05, 3.63) is 82.0 Å². The summed E-state index contributed by atoms with van der Waals surface area (Å²) in [4.78, 5) is 37.3. The number of thiophene rings is 1. The van der Waals surface area contributed by atoms with Gasteiger partial charge in [-0.1, -0.05) is 24.3 Å². The van der Waals surface area contributed by atoms with Crippen molar-refractivity contribution >= 4 is 34.7 Å². The predicted octanol–water partition coefficient (Wildman–Crippen LogP) is 3.48. The second-order valence-corrected chi connectivity index (χ2v) is 6.47. The molecule has 0 unspecified atom stereocenters. The van der Waals surface area contributed by atoms with Gasteiger partial charge in [-0.05, 0) is 41.8 Å². The maximum atomic E-state index is 12.5. The zero-order valence-corrected chi connectivity index (χ0v) is 14.9. The number of carbonyl (C=O) groups is 3. The second-order valence-electron chi connectivity index (χ2n) is 5.52. The summed E-state index contributed by atoms with van der Waals surface area (Å²) >= 11 is 1.28. The highest BCUT2D eigenvalue weighted by molar-refractivity contribution is 7.12. The molecule has 0 spiro atoms. The maximum absolute atomic E-state index is 12.5. The quantitative estimate of drug-likeness (QED) is 0.387. The largest absolute Gasteiger partial charge is 0.508 e. The van der Waals surface area contributed by atoms with Gasteiger partial charge in [-0.25, -0.2) is 4.79 Å². The van der Waals surface area contributed by atoms with E-state index in [1.165, 1.54) is 41.7 Å². The molecule has 0 fully saturated rings. The summed E-state index contributed by atoms with van der Waals surface area (Å²) in [5, 5.41) is 13.5. The van der Waals surface area contributed by atoms with Crippen LogP contribution in [-0.2, 0) is 9.53 Å². The predicted molar refractivity (Wildman–Crippen MR) is 101 cm³/mol. The van der Waals surface area contributed by atoms with E-state index in [2.05, 4.69) is 5.32 Å². The Morgan fingerprint density at radius 3 is 2.30 bits per heavy atom. The van der Waals surface area contributed by atoms with E-state index in [1.807, 2.05) is 0 Å². The fourth-order valence-corrected chi connectivity index (χ4v) is 3.03. The fourth-order valence-electron chi connectivity index (χ4n) is 2.35. The minimum atomic E-state index is -0.753. The molecule has 3 aromatic rings. The summed E-state index contributed by atoms with van der Waals surface area (Å²) in [5.41, 5.74) is 0.791. The molecule has 1 amide bonds. The number of hydrogen-bond acceptors (Lipinski definition) is 6. The number of hydrogen-bond donors (Lipinski definition) is 2. The molecule has 1 aromatic heterocycles.